The van der Waals surface area contributed by atoms with Crippen molar-refractivity contribution in [1.29, 1.82) is 0 Å². The molecule has 50 heavy (non-hydrogen) atoms. The first kappa shape index (κ1) is 37.5. The average molecular weight is 692 g/mol. The summed E-state index contributed by atoms with van der Waals surface area (Å²) in [6.07, 6.45) is 6.33. The number of aliphatic hydroxyl groups excluding tert-OH is 2. The quantitative estimate of drug-likeness (QED) is 0.190. The number of hydrogen-bond acceptors (Lipinski definition) is 10. The molecule has 4 unspecified atom stereocenters. The first-order valence-electron chi connectivity index (χ1n) is 17.7. The van der Waals surface area contributed by atoms with Gasteiger partial charge in [-0.05, 0) is 68.2 Å². The Morgan fingerprint density at radius 3 is 2.50 bits per heavy atom. The van der Waals surface area contributed by atoms with E-state index in [1.54, 1.807) is 36.1 Å². The lowest BCUT2D eigenvalue weighted by atomic mass is 9.45. The van der Waals surface area contributed by atoms with E-state index in [4.69, 9.17) is 14.2 Å². The summed E-state index contributed by atoms with van der Waals surface area (Å²) < 4.78 is 16.5. The highest BCUT2D eigenvalue weighted by atomic mass is 16.6. The summed E-state index contributed by atoms with van der Waals surface area (Å²) in [5, 5.41) is 25.4. The van der Waals surface area contributed by atoms with Crippen molar-refractivity contribution in [1.82, 2.24) is 10.2 Å². The number of carbonyl (C=O) groups is 3. The fourth-order valence-corrected chi connectivity index (χ4v) is 8.36. The maximum Gasteiger partial charge on any atom is 0.343 e. The number of morpholine rings is 1. The number of hydrogen-bond donors (Lipinski definition) is 3. The van der Waals surface area contributed by atoms with Crippen LogP contribution in [0.4, 0.5) is 5.69 Å². The van der Waals surface area contributed by atoms with Crippen LogP contribution in [0.15, 0.2) is 66.0 Å². The number of carbonyl (C=O) groups excluding carboxylic acids is 3. The SMILES string of the molecule is C=C1C(NC(C)C(=O)N2CCOCC2)CC2[C@](C)(CC[C@@H](O)[C@@]2(C)CO)C1C=CC1=CC(=C(C(=O)OCC)c2ccc(N(C)C)cc2)OC1=O. The fraction of sp³-hybridized carbons (Fsp3) is 0.564. The number of ether oxygens (including phenoxy) is 3. The molecule has 11 heteroatoms. The van der Waals surface area contributed by atoms with E-state index in [1.807, 2.05) is 51.1 Å². The molecule has 2 saturated carbocycles. The van der Waals surface area contributed by atoms with Crippen LogP contribution in [-0.4, -0.2) is 105 Å². The Kier molecular flexibility index (Phi) is 11.4. The molecule has 0 radical (unpaired) electrons. The number of anilines is 1. The number of aliphatic hydroxyl groups is 2. The highest BCUT2D eigenvalue weighted by molar-refractivity contribution is 6.19. The molecule has 0 spiro atoms. The van der Waals surface area contributed by atoms with E-state index in [2.05, 4.69) is 18.8 Å². The van der Waals surface area contributed by atoms with Gasteiger partial charge in [0.1, 0.15) is 11.3 Å². The number of amides is 1. The second-order valence-corrected chi connectivity index (χ2v) is 14.7. The largest absolute Gasteiger partial charge is 0.462 e. The van der Waals surface area contributed by atoms with Crippen LogP contribution in [0.3, 0.4) is 0 Å². The van der Waals surface area contributed by atoms with Crippen LogP contribution in [0, 0.1) is 22.7 Å². The standard InChI is InChI=1S/C39H53N3O8/c1-8-49-37(47)34(26-9-12-28(13-10-26)41(6)7)31-21-27(36(46)50-31)11-14-29-24(2)30(40-25(3)35(45)42-17-19-48-20-18-42)22-32-38(29,4)16-15-33(44)39(32,5)23-43/h9-14,21,25,29-30,32-33,40,43-44H,2,8,15-20,22-23H2,1,3-7H3/t25?,29?,30?,32?,33-,38-,39+/m1/s1. The van der Waals surface area contributed by atoms with Gasteiger partial charge in [-0.2, -0.15) is 0 Å². The molecule has 5 rings (SSSR count). The second kappa shape index (κ2) is 15.2. The molecule has 4 aliphatic rings. The van der Waals surface area contributed by atoms with Crippen molar-refractivity contribution in [3.8, 4) is 0 Å². The monoisotopic (exact) mass is 691 g/mol. The minimum atomic E-state index is -0.782. The van der Waals surface area contributed by atoms with Gasteiger partial charge >= 0.3 is 11.9 Å². The lowest BCUT2D eigenvalue weighted by Crippen LogP contribution is -2.62. The molecular formula is C39H53N3O8. The van der Waals surface area contributed by atoms with Crippen LogP contribution in [0.25, 0.3) is 5.57 Å². The molecule has 0 aromatic heterocycles. The third-order valence-corrected chi connectivity index (χ3v) is 11.4. The van der Waals surface area contributed by atoms with Gasteiger partial charge in [0.15, 0.2) is 0 Å². The Bertz CT molecular complexity index is 1560. The molecule has 2 heterocycles. The molecule has 11 nitrogen and oxygen atoms in total. The topological polar surface area (TPSA) is 138 Å². The van der Waals surface area contributed by atoms with E-state index >= 15 is 0 Å². The lowest BCUT2D eigenvalue weighted by Gasteiger charge is -2.61. The number of esters is 2. The van der Waals surface area contributed by atoms with Gasteiger partial charge in [0.05, 0.1) is 44.1 Å². The summed E-state index contributed by atoms with van der Waals surface area (Å²) in [6, 6.07) is 6.56. The van der Waals surface area contributed by atoms with Gasteiger partial charge in [-0.1, -0.05) is 50.3 Å². The predicted octanol–water partition coefficient (Wildman–Crippen LogP) is 3.62. The van der Waals surface area contributed by atoms with Gasteiger partial charge in [-0.25, -0.2) is 9.59 Å². The Balaban J connectivity index is 1.49. The zero-order valence-corrected chi connectivity index (χ0v) is 30.2. The van der Waals surface area contributed by atoms with E-state index in [9.17, 15) is 24.6 Å². The first-order valence-corrected chi connectivity index (χ1v) is 17.7. The molecule has 3 N–H and O–H groups in total. The van der Waals surface area contributed by atoms with E-state index < -0.39 is 34.9 Å². The molecule has 272 valence electrons. The third-order valence-electron chi connectivity index (χ3n) is 11.4. The maximum absolute atomic E-state index is 13.4. The molecule has 1 aromatic rings. The zero-order valence-electron chi connectivity index (χ0n) is 30.2. The van der Waals surface area contributed by atoms with Gasteiger partial charge in [0.25, 0.3) is 0 Å². The molecule has 7 atom stereocenters. The number of nitrogens with one attached hydrogen (secondary N) is 1. The van der Waals surface area contributed by atoms with Gasteiger partial charge in [-0.15, -0.1) is 0 Å². The Labute approximate surface area is 295 Å². The van der Waals surface area contributed by atoms with Crippen LogP contribution in [0.5, 0.6) is 0 Å². The van der Waals surface area contributed by atoms with Gasteiger partial charge < -0.3 is 34.2 Å². The summed E-state index contributed by atoms with van der Waals surface area (Å²) in [7, 11) is 3.85. The maximum atomic E-state index is 13.4. The smallest absolute Gasteiger partial charge is 0.343 e. The normalized spacial score (nSPS) is 31.5. The van der Waals surface area contributed by atoms with Gasteiger partial charge in [0.2, 0.25) is 5.91 Å². The van der Waals surface area contributed by atoms with Crippen molar-refractivity contribution in [2.75, 3.05) is 58.5 Å². The van der Waals surface area contributed by atoms with Crippen LogP contribution in [-0.2, 0) is 28.6 Å². The highest BCUT2D eigenvalue weighted by Crippen LogP contribution is 2.61. The summed E-state index contributed by atoms with van der Waals surface area (Å²) >= 11 is 0. The van der Waals surface area contributed by atoms with Gasteiger partial charge in [0, 0.05) is 50.2 Å². The Morgan fingerprint density at radius 2 is 1.88 bits per heavy atom. The average Bonchev–Trinajstić information content (AvgIpc) is 3.46. The van der Waals surface area contributed by atoms with Crippen LogP contribution < -0.4 is 10.2 Å². The van der Waals surface area contributed by atoms with Crippen molar-refractivity contribution in [2.45, 2.75) is 65.1 Å². The first-order chi connectivity index (χ1) is 23.7. The van der Waals surface area contributed by atoms with Crippen LogP contribution >= 0.6 is 0 Å². The molecule has 1 aromatic carbocycles. The fourth-order valence-electron chi connectivity index (χ4n) is 8.36. The van der Waals surface area contributed by atoms with E-state index in [1.165, 1.54) is 0 Å². The second-order valence-electron chi connectivity index (χ2n) is 14.7. The van der Waals surface area contributed by atoms with Crippen LogP contribution in [0.1, 0.15) is 52.5 Å². The van der Waals surface area contributed by atoms with Crippen molar-refractivity contribution >= 4 is 29.1 Å². The predicted molar refractivity (Wildman–Crippen MR) is 191 cm³/mol. The number of benzene rings is 1. The molecule has 1 amide bonds. The number of nitrogens with zero attached hydrogens (tertiary/aromatic N) is 2. The van der Waals surface area contributed by atoms with E-state index in [-0.39, 0.29) is 53.9 Å². The summed E-state index contributed by atoms with van der Waals surface area (Å²) in [4.78, 5) is 43.6. The molecule has 3 fully saturated rings. The van der Waals surface area contributed by atoms with Crippen molar-refractivity contribution < 1.29 is 38.8 Å². The van der Waals surface area contributed by atoms with Gasteiger partial charge in [-0.3, -0.25) is 10.1 Å². The lowest BCUT2D eigenvalue weighted by molar-refractivity contribution is -0.150. The minimum Gasteiger partial charge on any atom is -0.462 e. The molecule has 2 aliphatic carbocycles. The minimum absolute atomic E-state index is 0.0120. The summed E-state index contributed by atoms with van der Waals surface area (Å²) in [5.41, 5.74) is 1.62. The Hall–Kier alpha value is -3.77. The zero-order chi connectivity index (χ0) is 36.4. The Morgan fingerprint density at radius 1 is 1.20 bits per heavy atom. The van der Waals surface area contributed by atoms with Crippen molar-refractivity contribution in [3.63, 3.8) is 0 Å². The summed E-state index contributed by atoms with van der Waals surface area (Å²) in [6.45, 7) is 14.3. The molecule has 0 bridgehead atoms. The number of allylic oxidation sites excluding steroid dienone is 2. The molecular weight excluding hydrogens is 638 g/mol. The third kappa shape index (κ3) is 7.19. The van der Waals surface area contributed by atoms with E-state index in [0.717, 1.165) is 11.3 Å². The van der Waals surface area contributed by atoms with Crippen molar-refractivity contribution in [3.05, 3.63) is 71.5 Å². The number of cyclic esters (lactones) is 1. The molecule has 2 aliphatic heterocycles. The highest BCUT2D eigenvalue weighted by Gasteiger charge is 2.59. The van der Waals surface area contributed by atoms with Crippen molar-refractivity contribution in [2.24, 2.45) is 22.7 Å². The number of rotatable bonds is 10. The van der Waals surface area contributed by atoms with Crippen LogP contribution in [0.2, 0.25) is 0 Å². The summed E-state index contributed by atoms with van der Waals surface area (Å²) in [5.74, 6) is -1.49. The van der Waals surface area contributed by atoms with E-state index in [0.29, 0.717) is 51.1 Å². The number of fused-ring (bicyclic) bond motifs is 1. The molecule has 1 saturated heterocycles.